The quantitative estimate of drug-likeness (QED) is 0.844. The van der Waals surface area contributed by atoms with Crippen LogP contribution in [0.1, 0.15) is 53.9 Å². The average molecular weight is 256 g/mol. The molecule has 4 heteroatoms. The van der Waals surface area contributed by atoms with Crippen molar-refractivity contribution in [2.24, 2.45) is 11.7 Å². The van der Waals surface area contributed by atoms with Crippen LogP contribution in [-0.2, 0) is 4.74 Å². The third-order valence-corrected chi connectivity index (χ3v) is 3.38. The molecule has 0 bridgehead atoms. The molecule has 1 rings (SSSR count). The van der Waals surface area contributed by atoms with Gasteiger partial charge in [0.25, 0.3) is 0 Å². The number of carbonyl (C=O) groups excluding carboxylic acids is 1. The first kappa shape index (κ1) is 15.3. The Hall–Kier alpha value is -0.770. The molecule has 0 aromatic carbocycles. The maximum atomic E-state index is 12.3. The summed E-state index contributed by atoms with van der Waals surface area (Å²) in [7, 11) is 0. The van der Waals surface area contributed by atoms with Crippen molar-refractivity contribution in [1.29, 1.82) is 0 Å². The molecule has 2 N–H and O–H groups in total. The highest BCUT2D eigenvalue weighted by Crippen LogP contribution is 2.35. The number of ether oxygens (including phenoxy) is 1. The molecule has 0 aliphatic carbocycles. The molecule has 1 amide bonds. The maximum absolute atomic E-state index is 12.3. The monoisotopic (exact) mass is 256 g/mol. The van der Waals surface area contributed by atoms with Gasteiger partial charge in [-0.3, -0.25) is 0 Å². The van der Waals surface area contributed by atoms with Crippen LogP contribution in [0.15, 0.2) is 0 Å². The van der Waals surface area contributed by atoms with Gasteiger partial charge in [0.2, 0.25) is 0 Å². The summed E-state index contributed by atoms with van der Waals surface area (Å²) < 4.78 is 5.49. The molecule has 1 heterocycles. The summed E-state index contributed by atoms with van der Waals surface area (Å²) in [6.07, 6.45) is 2.73. The van der Waals surface area contributed by atoms with E-state index in [0.717, 1.165) is 25.8 Å². The lowest BCUT2D eigenvalue weighted by molar-refractivity contribution is 0.00567. The predicted octanol–water partition coefficient (Wildman–Crippen LogP) is 2.76. The van der Waals surface area contributed by atoms with E-state index in [1.54, 1.807) is 0 Å². The van der Waals surface area contributed by atoms with Gasteiger partial charge in [0, 0.05) is 13.1 Å². The molecular formula is C14H28N2O2. The highest BCUT2D eigenvalue weighted by atomic mass is 16.6. The van der Waals surface area contributed by atoms with Crippen LogP contribution in [0.2, 0.25) is 0 Å². The molecule has 106 valence electrons. The van der Waals surface area contributed by atoms with E-state index >= 15 is 0 Å². The van der Waals surface area contributed by atoms with Gasteiger partial charge in [-0.05, 0) is 46.0 Å². The molecule has 1 aliphatic rings. The van der Waals surface area contributed by atoms with Crippen LogP contribution in [0.5, 0.6) is 0 Å². The second kappa shape index (κ2) is 5.47. The lowest BCUT2D eigenvalue weighted by atomic mass is 9.86. The number of rotatable bonds is 3. The fraction of sp³-hybridized carbons (Fsp3) is 0.929. The Labute approximate surface area is 111 Å². The van der Waals surface area contributed by atoms with Gasteiger partial charge < -0.3 is 15.4 Å². The molecule has 0 radical (unpaired) electrons. The highest BCUT2D eigenvalue weighted by Gasteiger charge is 2.44. The van der Waals surface area contributed by atoms with E-state index in [1.807, 2.05) is 25.7 Å². The van der Waals surface area contributed by atoms with Gasteiger partial charge in [0.05, 0.1) is 5.54 Å². The molecule has 1 saturated heterocycles. The Morgan fingerprint density at radius 3 is 2.50 bits per heavy atom. The van der Waals surface area contributed by atoms with E-state index in [9.17, 15) is 4.79 Å². The van der Waals surface area contributed by atoms with Crippen molar-refractivity contribution in [2.45, 2.75) is 65.0 Å². The first-order chi connectivity index (χ1) is 8.20. The molecule has 0 spiro atoms. The van der Waals surface area contributed by atoms with Crippen molar-refractivity contribution < 1.29 is 9.53 Å². The number of hydrogen-bond acceptors (Lipinski definition) is 3. The summed E-state index contributed by atoms with van der Waals surface area (Å²) in [6, 6.07) is 0. The Balaban J connectivity index is 2.82. The zero-order valence-corrected chi connectivity index (χ0v) is 12.5. The summed E-state index contributed by atoms with van der Waals surface area (Å²) in [6.45, 7) is 11.3. The maximum Gasteiger partial charge on any atom is 0.410 e. The normalized spacial score (nSPS) is 24.7. The summed E-state index contributed by atoms with van der Waals surface area (Å²) >= 11 is 0. The Bertz CT molecular complexity index is 297. The van der Waals surface area contributed by atoms with Crippen LogP contribution in [0.4, 0.5) is 4.79 Å². The second-order valence-electron chi connectivity index (χ2n) is 6.76. The number of hydrogen-bond donors (Lipinski definition) is 1. The summed E-state index contributed by atoms with van der Waals surface area (Å²) in [4.78, 5) is 14.1. The molecule has 0 unspecified atom stereocenters. The SMILES string of the molecule is CC(C)C[C@]1(CN)CCCN1C(=O)OC(C)(C)C. The average Bonchev–Trinajstić information content (AvgIpc) is 2.58. The van der Waals surface area contributed by atoms with Crippen LogP contribution in [0, 0.1) is 5.92 Å². The predicted molar refractivity (Wildman–Crippen MR) is 73.4 cm³/mol. The molecular weight excluding hydrogens is 228 g/mol. The van der Waals surface area contributed by atoms with Crippen LogP contribution in [0.3, 0.4) is 0 Å². The van der Waals surface area contributed by atoms with Gasteiger partial charge >= 0.3 is 6.09 Å². The van der Waals surface area contributed by atoms with Crippen molar-refractivity contribution in [3.05, 3.63) is 0 Å². The zero-order chi connectivity index (χ0) is 14.0. The number of carbonyl (C=O) groups is 1. The fourth-order valence-electron chi connectivity index (χ4n) is 2.81. The van der Waals surface area contributed by atoms with Gasteiger partial charge in [-0.1, -0.05) is 13.8 Å². The van der Waals surface area contributed by atoms with Crippen LogP contribution >= 0.6 is 0 Å². The minimum absolute atomic E-state index is 0.198. The molecule has 0 saturated carbocycles. The number of nitrogens with two attached hydrogens (primary N) is 1. The molecule has 4 nitrogen and oxygen atoms in total. The zero-order valence-electron chi connectivity index (χ0n) is 12.5. The van der Waals surface area contributed by atoms with E-state index < -0.39 is 5.60 Å². The van der Waals surface area contributed by atoms with E-state index in [-0.39, 0.29) is 11.6 Å². The van der Waals surface area contributed by atoms with Crippen LogP contribution in [-0.4, -0.2) is 35.2 Å². The summed E-state index contributed by atoms with van der Waals surface area (Å²) in [5, 5.41) is 0. The van der Waals surface area contributed by atoms with Gasteiger partial charge in [0.1, 0.15) is 5.60 Å². The lowest BCUT2D eigenvalue weighted by Crippen LogP contribution is -2.54. The van der Waals surface area contributed by atoms with E-state index in [0.29, 0.717) is 12.5 Å². The number of nitrogens with zero attached hydrogens (tertiary/aromatic N) is 1. The summed E-state index contributed by atoms with van der Waals surface area (Å²) in [5.41, 5.74) is 5.32. The van der Waals surface area contributed by atoms with Crippen LogP contribution < -0.4 is 5.73 Å². The largest absolute Gasteiger partial charge is 0.444 e. The first-order valence-corrected chi connectivity index (χ1v) is 6.91. The Kier molecular flexibility index (Phi) is 4.65. The fourth-order valence-corrected chi connectivity index (χ4v) is 2.81. The van der Waals surface area contributed by atoms with Gasteiger partial charge in [-0.15, -0.1) is 0 Å². The second-order valence-corrected chi connectivity index (χ2v) is 6.76. The molecule has 1 aliphatic heterocycles. The smallest absolute Gasteiger partial charge is 0.410 e. The molecule has 0 aromatic heterocycles. The van der Waals surface area contributed by atoms with Crippen molar-refractivity contribution in [2.75, 3.05) is 13.1 Å². The third-order valence-electron chi connectivity index (χ3n) is 3.38. The third kappa shape index (κ3) is 3.61. The molecule has 1 fully saturated rings. The van der Waals surface area contributed by atoms with Crippen molar-refractivity contribution in [3.8, 4) is 0 Å². The highest BCUT2D eigenvalue weighted by molar-refractivity contribution is 5.69. The van der Waals surface area contributed by atoms with Crippen LogP contribution in [0.25, 0.3) is 0 Å². The molecule has 18 heavy (non-hydrogen) atoms. The van der Waals surface area contributed by atoms with Crippen molar-refractivity contribution in [1.82, 2.24) is 4.90 Å². The first-order valence-electron chi connectivity index (χ1n) is 6.91. The van der Waals surface area contributed by atoms with Crippen molar-refractivity contribution in [3.63, 3.8) is 0 Å². The van der Waals surface area contributed by atoms with E-state index in [4.69, 9.17) is 10.5 Å². The van der Waals surface area contributed by atoms with Crippen molar-refractivity contribution >= 4 is 6.09 Å². The van der Waals surface area contributed by atoms with Gasteiger partial charge in [-0.2, -0.15) is 0 Å². The Morgan fingerprint density at radius 1 is 1.44 bits per heavy atom. The van der Waals surface area contributed by atoms with Gasteiger partial charge in [0.15, 0.2) is 0 Å². The molecule has 1 atom stereocenters. The number of likely N-dealkylation sites (tertiary alicyclic amines) is 1. The number of amides is 1. The topological polar surface area (TPSA) is 55.6 Å². The summed E-state index contributed by atoms with van der Waals surface area (Å²) in [5.74, 6) is 0.525. The standard InChI is InChI=1S/C14H28N2O2/c1-11(2)9-14(10-15)7-6-8-16(14)12(17)18-13(3,4)5/h11H,6-10,15H2,1-5H3/t14-/m0/s1. The minimum Gasteiger partial charge on any atom is -0.444 e. The molecule has 0 aromatic rings. The lowest BCUT2D eigenvalue weighted by Gasteiger charge is -2.39. The van der Waals surface area contributed by atoms with E-state index in [2.05, 4.69) is 13.8 Å². The Morgan fingerprint density at radius 2 is 2.06 bits per heavy atom. The van der Waals surface area contributed by atoms with Gasteiger partial charge in [-0.25, -0.2) is 4.79 Å². The minimum atomic E-state index is -0.447. The van der Waals surface area contributed by atoms with E-state index in [1.165, 1.54) is 0 Å².